The van der Waals surface area contributed by atoms with Gasteiger partial charge >= 0.3 is 0 Å². The minimum Gasteiger partial charge on any atom is -0.823 e. The van der Waals surface area contributed by atoms with Gasteiger partial charge in [-0.3, -0.25) is 0 Å². The molecular weight excluding hydrogens is 291 g/mol. The molecule has 0 unspecified atom stereocenters. The van der Waals surface area contributed by atoms with E-state index < -0.39 is 0 Å². The molecular formula is C19H22O2P-. The van der Waals surface area contributed by atoms with Crippen LogP contribution in [0.15, 0.2) is 42.5 Å². The molecule has 0 saturated heterocycles. The highest BCUT2D eigenvalue weighted by Crippen LogP contribution is 2.19. The number of aryl methyl sites for hydroxylation is 2. The molecule has 0 aromatic heterocycles. The van der Waals surface area contributed by atoms with Gasteiger partial charge in [-0.25, -0.2) is 0 Å². The van der Waals surface area contributed by atoms with E-state index in [9.17, 15) is 5.11 Å². The van der Waals surface area contributed by atoms with Gasteiger partial charge in [-0.1, -0.05) is 26.4 Å². The lowest BCUT2D eigenvalue weighted by Gasteiger charge is -2.21. The Morgan fingerprint density at radius 3 is 2.00 bits per heavy atom. The highest BCUT2D eigenvalue weighted by atomic mass is 31.1. The second-order valence-corrected chi connectivity index (χ2v) is 7.54. The fourth-order valence-corrected chi connectivity index (χ4v) is 3.26. The SMILES string of the molecule is Cc1cccc(C)c1C([O-])=Pc1ccc(OC(C)(C)C)cc1. The van der Waals surface area contributed by atoms with Gasteiger partial charge in [-0.05, 0) is 75.6 Å². The fourth-order valence-electron chi connectivity index (χ4n) is 2.27. The third-order valence-electron chi connectivity index (χ3n) is 3.19. The average Bonchev–Trinajstić information content (AvgIpc) is 2.39. The first kappa shape index (κ1) is 16.7. The zero-order chi connectivity index (χ0) is 16.3. The van der Waals surface area contributed by atoms with E-state index in [2.05, 4.69) is 0 Å². The van der Waals surface area contributed by atoms with Crippen molar-refractivity contribution in [3.05, 3.63) is 59.2 Å². The van der Waals surface area contributed by atoms with E-state index in [1.54, 1.807) is 0 Å². The molecule has 0 spiro atoms. The minimum absolute atomic E-state index is 0.139. The topological polar surface area (TPSA) is 32.3 Å². The second-order valence-electron chi connectivity index (χ2n) is 6.39. The molecule has 0 amide bonds. The minimum atomic E-state index is -0.215. The van der Waals surface area contributed by atoms with Gasteiger partial charge < -0.3 is 9.84 Å². The van der Waals surface area contributed by atoms with Crippen molar-refractivity contribution in [1.29, 1.82) is 0 Å². The van der Waals surface area contributed by atoms with Crippen molar-refractivity contribution in [2.45, 2.75) is 40.2 Å². The van der Waals surface area contributed by atoms with Crippen molar-refractivity contribution >= 4 is 19.0 Å². The van der Waals surface area contributed by atoms with Crippen LogP contribution < -0.4 is 15.1 Å². The third-order valence-corrected chi connectivity index (χ3v) is 4.17. The predicted octanol–water partition coefficient (Wildman–Crippen LogP) is 3.59. The largest absolute Gasteiger partial charge is 0.823 e. The molecule has 2 aromatic carbocycles. The number of ether oxygens (including phenoxy) is 1. The molecule has 2 nitrogen and oxygen atoms in total. The first-order valence-electron chi connectivity index (χ1n) is 7.37. The summed E-state index contributed by atoms with van der Waals surface area (Å²) in [5.74, 6) is 0.825. The van der Waals surface area contributed by atoms with Crippen LogP contribution in [-0.2, 0) is 0 Å². The summed E-state index contributed by atoms with van der Waals surface area (Å²) in [4.78, 5) is 0. The van der Waals surface area contributed by atoms with Gasteiger partial charge in [0, 0.05) is 5.30 Å². The van der Waals surface area contributed by atoms with Gasteiger partial charge in [0.05, 0.1) is 0 Å². The maximum Gasteiger partial charge on any atom is 0.120 e. The molecule has 3 heteroatoms. The van der Waals surface area contributed by atoms with E-state index in [-0.39, 0.29) is 11.1 Å². The molecule has 0 saturated carbocycles. The fraction of sp³-hybridized carbons (Fsp3) is 0.316. The quantitative estimate of drug-likeness (QED) is 0.811. The molecule has 0 aliphatic rings. The normalized spacial score (nSPS) is 12.4. The molecule has 0 heterocycles. The Hall–Kier alpha value is -1.63. The van der Waals surface area contributed by atoms with Crippen molar-refractivity contribution in [2.75, 3.05) is 0 Å². The monoisotopic (exact) mass is 313 g/mol. The molecule has 0 N–H and O–H groups in total. The molecule has 0 aliphatic carbocycles. The zero-order valence-corrected chi connectivity index (χ0v) is 14.7. The van der Waals surface area contributed by atoms with E-state index in [0.29, 0.717) is 8.20 Å². The van der Waals surface area contributed by atoms with Crippen LogP contribution in [0.3, 0.4) is 0 Å². The van der Waals surface area contributed by atoms with Gasteiger partial charge in [-0.15, -0.1) is 5.48 Å². The maximum atomic E-state index is 12.5. The molecule has 0 fully saturated rings. The molecule has 2 aromatic rings. The first-order valence-corrected chi connectivity index (χ1v) is 8.27. The zero-order valence-electron chi connectivity index (χ0n) is 13.8. The van der Waals surface area contributed by atoms with Gasteiger partial charge in [0.1, 0.15) is 11.4 Å². The third kappa shape index (κ3) is 4.43. The number of benzene rings is 2. The standard InChI is InChI=1S/C19H23O2P/c1-13-7-6-8-14(2)17(13)18(20)22-16-11-9-15(10-12-16)21-19(3,4)5/h6-12,20H,1-5H3/p-1. The summed E-state index contributed by atoms with van der Waals surface area (Å²) in [5.41, 5.74) is 2.82. The van der Waals surface area contributed by atoms with E-state index in [4.69, 9.17) is 4.74 Å². The molecule has 0 bridgehead atoms. The Kier molecular flexibility index (Phi) is 5.05. The predicted molar refractivity (Wildman–Crippen MR) is 93.4 cm³/mol. The summed E-state index contributed by atoms with van der Waals surface area (Å²) in [6.45, 7) is 10.0. The summed E-state index contributed by atoms with van der Waals surface area (Å²) in [7, 11) is 0.698. The molecule has 22 heavy (non-hydrogen) atoms. The number of hydrogen-bond donors (Lipinski definition) is 0. The van der Waals surface area contributed by atoms with Gasteiger partial charge in [0.2, 0.25) is 0 Å². The van der Waals surface area contributed by atoms with Crippen LogP contribution in [0.5, 0.6) is 5.75 Å². The first-order chi connectivity index (χ1) is 10.3. The lowest BCUT2D eigenvalue weighted by atomic mass is 10.0. The van der Waals surface area contributed by atoms with Crippen molar-refractivity contribution in [3.63, 3.8) is 0 Å². The molecule has 0 atom stereocenters. The van der Waals surface area contributed by atoms with Crippen LogP contribution in [0, 0.1) is 13.8 Å². The summed E-state index contributed by atoms with van der Waals surface area (Å²) in [6, 6.07) is 13.7. The Morgan fingerprint density at radius 2 is 1.50 bits per heavy atom. The van der Waals surface area contributed by atoms with Gasteiger partial charge in [0.25, 0.3) is 0 Å². The van der Waals surface area contributed by atoms with Crippen molar-refractivity contribution < 1.29 is 9.84 Å². The maximum absolute atomic E-state index is 12.5. The summed E-state index contributed by atoms with van der Waals surface area (Å²) >= 11 is 0. The van der Waals surface area contributed by atoms with Crippen LogP contribution in [0.2, 0.25) is 0 Å². The van der Waals surface area contributed by atoms with Crippen LogP contribution in [0.1, 0.15) is 37.5 Å². The van der Waals surface area contributed by atoms with Gasteiger partial charge in [-0.2, -0.15) is 0 Å². The molecule has 116 valence electrons. The average molecular weight is 313 g/mol. The van der Waals surface area contributed by atoms with Crippen LogP contribution >= 0.6 is 8.20 Å². The van der Waals surface area contributed by atoms with Crippen LogP contribution in [0.25, 0.3) is 0 Å². The molecule has 2 rings (SSSR count). The number of rotatable bonds is 3. The lowest BCUT2D eigenvalue weighted by molar-refractivity contribution is -0.207. The smallest absolute Gasteiger partial charge is 0.120 e. The van der Waals surface area contributed by atoms with E-state index in [0.717, 1.165) is 27.7 Å². The number of hydrogen-bond acceptors (Lipinski definition) is 2. The van der Waals surface area contributed by atoms with Crippen molar-refractivity contribution in [1.82, 2.24) is 0 Å². The van der Waals surface area contributed by atoms with Crippen molar-refractivity contribution in [3.8, 4) is 5.75 Å². The van der Waals surface area contributed by atoms with Crippen LogP contribution in [0.4, 0.5) is 0 Å². The Labute approximate surface area is 134 Å². The van der Waals surface area contributed by atoms with Crippen molar-refractivity contribution in [2.24, 2.45) is 0 Å². The summed E-state index contributed by atoms with van der Waals surface area (Å²) in [6.07, 6.45) is 0. The lowest BCUT2D eigenvalue weighted by Crippen LogP contribution is -2.23. The van der Waals surface area contributed by atoms with E-state index in [1.807, 2.05) is 77.1 Å². The van der Waals surface area contributed by atoms with E-state index in [1.165, 1.54) is 0 Å². The molecule has 0 radical (unpaired) electrons. The summed E-state index contributed by atoms with van der Waals surface area (Å²) < 4.78 is 5.80. The Morgan fingerprint density at radius 1 is 0.955 bits per heavy atom. The Bertz CT molecular complexity index is 659. The highest BCUT2D eigenvalue weighted by Gasteiger charge is 2.11. The van der Waals surface area contributed by atoms with Gasteiger partial charge in [0.15, 0.2) is 0 Å². The molecule has 0 aliphatic heterocycles. The van der Waals surface area contributed by atoms with E-state index >= 15 is 0 Å². The highest BCUT2D eigenvalue weighted by molar-refractivity contribution is 7.49. The summed E-state index contributed by atoms with van der Waals surface area (Å²) in [5, 5.41) is 13.5. The Balaban J connectivity index is 2.26. The second kappa shape index (κ2) is 6.64. The van der Waals surface area contributed by atoms with Crippen LogP contribution in [-0.4, -0.2) is 11.1 Å².